The van der Waals surface area contributed by atoms with E-state index in [9.17, 15) is 9.59 Å². The first-order valence-electron chi connectivity index (χ1n) is 7.19. The van der Waals surface area contributed by atoms with E-state index in [2.05, 4.69) is 5.43 Å². The third-order valence-electron chi connectivity index (χ3n) is 3.71. The van der Waals surface area contributed by atoms with Crippen molar-refractivity contribution in [1.82, 2.24) is 10.3 Å². The number of hydrazine groups is 1. The molecule has 1 aliphatic rings. The topological polar surface area (TPSA) is 93.9 Å². The molecule has 7 nitrogen and oxygen atoms in total. The zero-order valence-corrected chi connectivity index (χ0v) is 12.6. The molecule has 0 spiro atoms. The Hall–Kier alpha value is -2.28. The van der Waals surface area contributed by atoms with Crippen molar-refractivity contribution in [1.29, 1.82) is 0 Å². The van der Waals surface area contributed by atoms with Gasteiger partial charge in [-0.1, -0.05) is 0 Å². The lowest BCUT2D eigenvalue weighted by atomic mass is 9.97. The second kappa shape index (κ2) is 7.65. The van der Waals surface area contributed by atoms with E-state index in [1.807, 2.05) is 0 Å². The number of hydrogen-bond donors (Lipinski definition) is 2. The second-order valence-electron chi connectivity index (χ2n) is 5.15. The number of hydrogen-bond acceptors (Lipinski definition) is 5. The van der Waals surface area contributed by atoms with E-state index in [0.29, 0.717) is 18.8 Å². The van der Waals surface area contributed by atoms with E-state index in [-0.39, 0.29) is 24.3 Å². The average molecular weight is 307 g/mol. The molecule has 1 aromatic carbocycles. The number of rotatable bonds is 5. The molecule has 2 amide bonds. The Morgan fingerprint density at radius 1 is 1.32 bits per heavy atom. The van der Waals surface area contributed by atoms with Crippen molar-refractivity contribution in [3.05, 3.63) is 24.3 Å². The summed E-state index contributed by atoms with van der Waals surface area (Å²) in [5.41, 5.74) is 2.14. The molecule has 1 saturated heterocycles. The van der Waals surface area contributed by atoms with Crippen LogP contribution in [0.4, 0.5) is 0 Å². The van der Waals surface area contributed by atoms with Gasteiger partial charge < -0.3 is 14.4 Å². The first kappa shape index (κ1) is 16.1. The molecule has 3 N–H and O–H groups in total. The number of amides is 2. The molecular formula is C15H21N3O4. The van der Waals surface area contributed by atoms with Crippen LogP contribution in [0.1, 0.15) is 12.8 Å². The Bertz CT molecular complexity index is 518. The van der Waals surface area contributed by atoms with E-state index in [1.54, 1.807) is 36.3 Å². The predicted octanol–water partition coefficient (Wildman–Crippen LogP) is 0.303. The van der Waals surface area contributed by atoms with Crippen LogP contribution in [-0.2, 0) is 9.59 Å². The molecule has 1 fully saturated rings. The summed E-state index contributed by atoms with van der Waals surface area (Å²) in [6.07, 6.45) is 1.53. The van der Waals surface area contributed by atoms with Gasteiger partial charge in [-0.25, -0.2) is 5.84 Å². The van der Waals surface area contributed by atoms with Crippen molar-refractivity contribution in [3.63, 3.8) is 0 Å². The van der Waals surface area contributed by atoms with E-state index in [1.165, 1.54) is 0 Å². The number of piperidine rings is 1. The fraction of sp³-hybridized carbons (Fsp3) is 0.467. The van der Waals surface area contributed by atoms with Gasteiger partial charge in [-0.2, -0.15) is 0 Å². The van der Waals surface area contributed by atoms with Gasteiger partial charge >= 0.3 is 0 Å². The summed E-state index contributed by atoms with van der Waals surface area (Å²) in [4.78, 5) is 25.4. The van der Waals surface area contributed by atoms with Crippen molar-refractivity contribution in [3.8, 4) is 11.5 Å². The molecule has 1 aromatic rings. The monoisotopic (exact) mass is 307 g/mol. The van der Waals surface area contributed by atoms with Crippen LogP contribution < -0.4 is 20.7 Å². The highest BCUT2D eigenvalue weighted by molar-refractivity contribution is 5.81. The number of nitrogens with two attached hydrogens (primary N) is 1. The molecule has 2 rings (SSSR count). The first-order chi connectivity index (χ1) is 10.6. The van der Waals surface area contributed by atoms with E-state index in [0.717, 1.165) is 18.6 Å². The third-order valence-corrected chi connectivity index (χ3v) is 3.71. The molecule has 1 heterocycles. The summed E-state index contributed by atoms with van der Waals surface area (Å²) in [5.74, 6) is 5.86. The Morgan fingerprint density at radius 3 is 2.64 bits per heavy atom. The highest BCUT2D eigenvalue weighted by Crippen LogP contribution is 2.19. The van der Waals surface area contributed by atoms with Crippen LogP contribution in [0.2, 0.25) is 0 Å². The zero-order valence-electron chi connectivity index (χ0n) is 12.6. The van der Waals surface area contributed by atoms with E-state index >= 15 is 0 Å². The lowest BCUT2D eigenvalue weighted by Crippen LogP contribution is -2.48. The van der Waals surface area contributed by atoms with Gasteiger partial charge in [0.25, 0.3) is 5.91 Å². The minimum Gasteiger partial charge on any atom is -0.497 e. The molecule has 1 atom stereocenters. The fourth-order valence-corrected chi connectivity index (χ4v) is 2.44. The van der Waals surface area contributed by atoms with Gasteiger partial charge in [0.15, 0.2) is 6.61 Å². The maximum Gasteiger partial charge on any atom is 0.260 e. The number of ether oxygens (including phenoxy) is 2. The Kier molecular flexibility index (Phi) is 5.60. The Morgan fingerprint density at radius 2 is 2.00 bits per heavy atom. The van der Waals surface area contributed by atoms with Gasteiger partial charge in [-0.3, -0.25) is 15.0 Å². The van der Waals surface area contributed by atoms with Gasteiger partial charge in [-0.15, -0.1) is 0 Å². The van der Waals surface area contributed by atoms with E-state index < -0.39 is 0 Å². The Balaban J connectivity index is 1.84. The van der Waals surface area contributed by atoms with Crippen LogP contribution in [0.3, 0.4) is 0 Å². The molecule has 0 aliphatic carbocycles. The highest BCUT2D eigenvalue weighted by atomic mass is 16.5. The minimum absolute atomic E-state index is 0.0523. The third kappa shape index (κ3) is 4.11. The molecule has 7 heteroatoms. The number of carbonyl (C=O) groups excluding carboxylic acids is 2. The zero-order chi connectivity index (χ0) is 15.9. The number of nitrogens with zero attached hydrogens (tertiary/aromatic N) is 1. The summed E-state index contributed by atoms with van der Waals surface area (Å²) in [5, 5.41) is 0. The van der Waals surface area contributed by atoms with Crippen molar-refractivity contribution in [2.75, 3.05) is 26.8 Å². The largest absolute Gasteiger partial charge is 0.497 e. The lowest BCUT2D eigenvalue weighted by molar-refractivity contribution is -0.137. The second-order valence-corrected chi connectivity index (χ2v) is 5.15. The number of carbonyl (C=O) groups is 2. The highest BCUT2D eigenvalue weighted by Gasteiger charge is 2.28. The van der Waals surface area contributed by atoms with Crippen LogP contribution >= 0.6 is 0 Å². The van der Waals surface area contributed by atoms with Crippen LogP contribution in [0.15, 0.2) is 24.3 Å². The van der Waals surface area contributed by atoms with Gasteiger partial charge in [0.1, 0.15) is 11.5 Å². The predicted molar refractivity (Wildman–Crippen MR) is 80.1 cm³/mol. The molecular weight excluding hydrogens is 286 g/mol. The molecule has 0 saturated carbocycles. The van der Waals surface area contributed by atoms with Gasteiger partial charge in [0, 0.05) is 13.1 Å². The Labute approximate surface area is 129 Å². The number of likely N-dealkylation sites (tertiary alicyclic amines) is 1. The first-order valence-corrected chi connectivity index (χ1v) is 7.19. The van der Waals surface area contributed by atoms with Crippen molar-refractivity contribution in [2.24, 2.45) is 11.8 Å². The number of methoxy groups -OCH3 is 1. The summed E-state index contributed by atoms with van der Waals surface area (Å²) < 4.78 is 10.5. The molecule has 1 aliphatic heterocycles. The quantitative estimate of drug-likeness (QED) is 0.464. The molecule has 120 valence electrons. The van der Waals surface area contributed by atoms with Crippen LogP contribution in [-0.4, -0.2) is 43.5 Å². The normalized spacial score (nSPS) is 17.7. The summed E-state index contributed by atoms with van der Waals surface area (Å²) in [7, 11) is 1.59. The van der Waals surface area contributed by atoms with E-state index in [4.69, 9.17) is 15.3 Å². The summed E-state index contributed by atoms with van der Waals surface area (Å²) in [6, 6.07) is 7.02. The minimum atomic E-state index is -0.247. The average Bonchev–Trinajstić information content (AvgIpc) is 2.59. The molecule has 0 bridgehead atoms. The van der Waals surface area contributed by atoms with Crippen molar-refractivity contribution >= 4 is 11.8 Å². The van der Waals surface area contributed by atoms with Crippen LogP contribution in [0.5, 0.6) is 11.5 Å². The summed E-state index contributed by atoms with van der Waals surface area (Å²) >= 11 is 0. The SMILES string of the molecule is COc1ccc(OCC(=O)N2CCCC(C(=O)NN)C2)cc1. The van der Waals surface area contributed by atoms with Crippen LogP contribution in [0, 0.1) is 5.92 Å². The van der Waals surface area contributed by atoms with Gasteiger partial charge in [0.05, 0.1) is 13.0 Å². The molecule has 1 unspecified atom stereocenters. The number of nitrogens with one attached hydrogen (secondary N) is 1. The van der Waals surface area contributed by atoms with Crippen molar-refractivity contribution < 1.29 is 19.1 Å². The number of benzene rings is 1. The van der Waals surface area contributed by atoms with Gasteiger partial charge in [-0.05, 0) is 37.1 Å². The fourth-order valence-electron chi connectivity index (χ4n) is 2.44. The van der Waals surface area contributed by atoms with Gasteiger partial charge in [0.2, 0.25) is 5.91 Å². The molecule has 22 heavy (non-hydrogen) atoms. The van der Waals surface area contributed by atoms with Crippen molar-refractivity contribution in [2.45, 2.75) is 12.8 Å². The standard InChI is InChI=1S/C15H21N3O4/c1-21-12-4-6-13(7-5-12)22-10-14(19)18-8-2-3-11(9-18)15(20)17-16/h4-7,11H,2-3,8-10,16H2,1H3,(H,17,20). The molecule has 0 radical (unpaired) electrons. The maximum absolute atomic E-state index is 12.2. The summed E-state index contributed by atoms with van der Waals surface area (Å²) in [6.45, 7) is 0.969. The lowest BCUT2D eigenvalue weighted by Gasteiger charge is -2.31. The smallest absolute Gasteiger partial charge is 0.260 e. The molecule has 0 aromatic heterocycles. The van der Waals surface area contributed by atoms with Crippen LogP contribution in [0.25, 0.3) is 0 Å². The maximum atomic E-state index is 12.2.